The number of anilines is 2. The summed E-state index contributed by atoms with van der Waals surface area (Å²) in [6, 6.07) is 30.4. The van der Waals surface area contributed by atoms with Crippen molar-refractivity contribution in [3.05, 3.63) is 102 Å². The van der Waals surface area contributed by atoms with E-state index in [2.05, 4.69) is 100.0 Å². The van der Waals surface area contributed by atoms with Gasteiger partial charge in [-0.05, 0) is 0 Å². The van der Waals surface area contributed by atoms with E-state index in [9.17, 15) is 0 Å². The molecule has 0 bridgehead atoms. The summed E-state index contributed by atoms with van der Waals surface area (Å²) in [7, 11) is 0. The van der Waals surface area contributed by atoms with Crippen molar-refractivity contribution < 1.29 is 48.0 Å². The van der Waals surface area contributed by atoms with Crippen LogP contribution in [0.5, 0.6) is 0 Å². The van der Waals surface area contributed by atoms with E-state index >= 15 is 0 Å². The van der Waals surface area contributed by atoms with Crippen LogP contribution in [0.15, 0.2) is 91.0 Å². The van der Waals surface area contributed by atoms with Crippen molar-refractivity contribution in [2.24, 2.45) is 0 Å². The van der Waals surface area contributed by atoms with Crippen LogP contribution in [0.2, 0.25) is 0 Å². The summed E-state index contributed by atoms with van der Waals surface area (Å²) < 4.78 is 3.21. The Morgan fingerprint density at radius 3 is 1.76 bits per heavy atom. The first kappa shape index (κ1) is 20.0. The molecule has 0 aliphatic heterocycles. The summed E-state index contributed by atoms with van der Waals surface area (Å²) in [5.41, 5.74) is 5.54. The van der Waals surface area contributed by atoms with Crippen LogP contribution in [0, 0.1) is 0 Å². The molecule has 1 nitrogen and oxygen atoms in total. The molecule has 0 spiro atoms. The topological polar surface area (TPSA) is 3.24 Å². The molecule has 4 rings (SSSR count). The van der Waals surface area contributed by atoms with Crippen molar-refractivity contribution in [3.8, 4) is 0 Å². The molecular formula is C21H17Cl2HfN. The molecular weight excluding hydrogens is 516 g/mol. The van der Waals surface area contributed by atoms with Crippen LogP contribution in [0.1, 0.15) is 14.8 Å². The molecule has 0 aromatic heterocycles. The van der Waals surface area contributed by atoms with Crippen LogP contribution in [0.3, 0.4) is 0 Å². The third kappa shape index (κ3) is 4.44. The Balaban J connectivity index is 0.00000113. The Labute approximate surface area is 173 Å². The SMILES string of the molecule is C1=C[CH]([Hf+2][N](c2ccccc2)c2ccccc2)c2ccccc21.[Cl-].[Cl-]. The third-order valence-electron chi connectivity index (χ3n) is 4.10. The maximum Gasteiger partial charge on any atom is -1.00 e. The minimum Gasteiger partial charge on any atom is -1.00 e. The van der Waals surface area contributed by atoms with Crippen LogP contribution >= 0.6 is 0 Å². The molecule has 0 saturated heterocycles. The Kier molecular flexibility index (Phi) is 7.49. The van der Waals surface area contributed by atoms with Crippen LogP contribution < -0.4 is 27.7 Å². The second kappa shape index (κ2) is 9.38. The van der Waals surface area contributed by atoms with E-state index in [1.54, 1.807) is 0 Å². The summed E-state index contributed by atoms with van der Waals surface area (Å²) in [5, 5.41) is 0. The minimum absolute atomic E-state index is 0. The number of halogens is 2. The third-order valence-corrected chi connectivity index (χ3v) is 9.69. The van der Waals surface area contributed by atoms with Crippen molar-refractivity contribution in [2.45, 2.75) is 3.67 Å². The molecule has 1 atom stereocenters. The monoisotopic (exact) mass is 533 g/mol. The van der Waals surface area contributed by atoms with Gasteiger partial charge in [0.1, 0.15) is 0 Å². The molecule has 1 aliphatic carbocycles. The van der Waals surface area contributed by atoms with Gasteiger partial charge in [0.15, 0.2) is 0 Å². The molecule has 3 aromatic carbocycles. The average molecular weight is 533 g/mol. The second-order valence-electron chi connectivity index (χ2n) is 5.60. The van der Waals surface area contributed by atoms with Crippen molar-refractivity contribution in [2.75, 3.05) is 2.89 Å². The fourth-order valence-electron chi connectivity index (χ4n) is 2.95. The van der Waals surface area contributed by atoms with Gasteiger partial charge in [0.2, 0.25) is 0 Å². The van der Waals surface area contributed by atoms with Gasteiger partial charge < -0.3 is 24.8 Å². The second-order valence-corrected chi connectivity index (χ2v) is 10.4. The molecule has 0 saturated carbocycles. The number of hydrogen-bond donors (Lipinski definition) is 0. The Morgan fingerprint density at radius 2 is 1.16 bits per heavy atom. The molecule has 0 fully saturated rings. The minimum atomic E-state index is -1.16. The van der Waals surface area contributed by atoms with Crippen molar-refractivity contribution >= 4 is 17.5 Å². The van der Waals surface area contributed by atoms with Crippen molar-refractivity contribution in [1.29, 1.82) is 0 Å². The predicted octanol–water partition coefficient (Wildman–Crippen LogP) is -0.402. The van der Waals surface area contributed by atoms with E-state index in [0.29, 0.717) is 3.67 Å². The van der Waals surface area contributed by atoms with E-state index in [-0.39, 0.29) is 24.8 Å². The van der Waals surface area contributed by atoms with Crippen molar-refractivity contribution in [1.82, 2.24) is 0 Å². The van der Waals surface area contributed by atoms with Crippen LogP contribution in [-0.4, -0.2) is 0 Å². The molecule has 3 aromatic rings. The summed E-state index contributed by atoms with van der Waals surface area (Å²) in [4.78, 5) is 0. The zero-order valence-electron chi connectivity index (χ0n) is 13.5. The standard InChI is InChI=1S/C12H10N.C9H7.2ClH.Hf/c1-3-7-11(8-4-1)13-12-9-5-2-6-10-12;1-2-5-9-7-3-6-8(9)4-1;;;/h1-10H;1-7H;2*1H;/q-1;;;;+3/p-2. The molecule has 0 heterocycles. The van der Waals surface area contributed by atoms with E-state index in [1.165, 1.54) is 22.5 Å². The number of fused-ring (bicyclic) bond motifs is 1. The Hall–Kier alpha value is -1.35. The molecule has 124 valence electrons. The molecule has 25 heavy (non-hydrogen) atoms. The first-order chi connectivity index (χ1) is 11.4. The molecule has 0 radical (unpaired) electrons. The van der Waals surface area contributed by atoms with E-state index < -0.39 is 23.2 Å². The molecule has 1 aliphatic rings. The first-order valence-corrected chi connectivity index (χ1v) is 11.5. The van der Waals surface area contributed by atoms with Gasteiger partial charge in [-0.1, -0.05) is 0 Å². The van der Waals surface area contributed by atoms with Gasteiger partial charge in [0, 0.05) is 0 Å². The largest absolute Gasteiger partial charge is 1.00 e. The number of allylic oxidation sites excluding steroid dienone is 1. The maximum atomic E-state index is 2.59. The van der Waals surface area contributed by atoms with Gasteiger partial charge in [0.05, 0.1) is 0 Å². The van der Waals surface area contributed by atoms with E-state index in [0.717, 1.165) is 0 Å². The normalized spacial score (nSPS) is 13.8. The molecule has 0 N–H and O–H groups in total. The number of nitrogens with zero attached hydrogens (tertiary/aromatic N) is 1. The number of hydrogen-bond acceptors (Lipinski definition) is 1. The van der Waals surface area contributed by atoms with Gasteiger partial charge in [-0.2, -0.15) is 0 Å². The molecule has 0 amide bonds. The number of rotatable bonds is 4. The molecule has 1 unspecified atom stereocenters. The van der Waals surface area contributed by atoms with Gasteiger partial charge in [-0.15, -0.1) is 0 Å². The number of para-hydroxylation sites is 2. The van der Waals surface area contributed by atoms with Gasteiger partial charge in [0.25, 0.3) is 0 Å². The zero-order valence-corrected chi connectivity index (χ0v) is 18.6. The van der Waals surface area contributed by atoms with E-state index in [1.807, 2.05) is 0 Å². The maximum absolute atomic E-state index is 2.59. The smallest absolute Gasteiger partial charge is 1.00 e. The van der Waals surface area contributed by atoms with E-state index in [4.69, 9.17) is 0 Å². The quantitative estimate of drug-likeness (QED) is 0.414. The summed E-state index contributed by atoms with van der Waals surface area (Å²) in [6.45, 7) is 0. The van der Waals surface area contributed by atoms with Gasteiger partial charge in [-0.25, -0.2) is 0 Å². The average Bonchev–Trinajstić information content (AvgIpc) is 3.04. The van der Waals surface area contributed by atoms with Crippen LogP contribution in [0.25, 0.3) is 6.08 Å². The van der Waals surface area contributed by atoms with Gasteiger partial charge >= 0.3 is 149 Å². The first-order valence-electron chi connectivity index (χ1n) is 7.85. The predicted molar refractivity (Wildman–Crippen MR) is 93.2 cm³/mol. The number of benzene rings is 3. The van der Waals surface area contributed by atoms with Crippen molar-refractivity contribution in [3.63, 3.8) is 0 Å². The zero-order chi connectivity index (χ0) is 15.5. The Bertz CT molecular complexity index is 782. The van der Waals surface area contributed by atoms with Gasteiger partial charge in [-0.3, -0.25) is 0 Å². The van der Waals surface area contributed by atoms with Crippen LogP contribution in [-0.2, 0) is 23.2 Å². The summed E-state index contributed by atoms with van der Waals surface area (Å²) in [6.07, 6.45) is 4.70. The Morgan fingerprint density at radius 1 is 0.640 bits per heavy atom. The fourth-order valence-corrected chi connectivity index (χ4v) is 8.19. The summed E-state index contributed by atoms with van der Waals surface area (Å²) >= 11 is -1.16. The van der Waals surface area contributed by atoms with Crippen LogP contribution in [0.4, 0.5) is 11.4 Å². The fraction of sp³-hybridized carbons (Fsp3) is 0.0476. The summed E-state index contributed by atoms with van der Waals surface area (Å²) in [5.74, 6) is 0. The molecule has 4 heteroatoms.